The van der Waals surface area contributed by atoms with Crippen LogP contribution in [-0.2, 0) is 11.2 Å². The van der Waals surface area contributed by atoms with Crippen LogP contribution in [0.1, 0.15) is 24.1 Å². The van der Waals surface area contributed by atoms with Gasteiger partial charge in [0, 0.05) is 28.4 Å². The fourth-order valence-electron chi connectivity index (χ4n) is 3.50. The summed E-state index contributed by atoms with van der Waals surface area (Å²) in [5, 5.41) is 1.18. The average molecular weight is 302 g/mol. The first kappa shape index (κ1) is 13.8. The first-order valence-electron chi connectivity index (χ1n) is 7.89. The van der Waals surface area contributed by atoms with E-state index in [0.29, 0.717) is 0 Å². The van der Waals surface area contributed by atoms with Gasteiger partial charge in [-0.05, 0) is 37.1 Å². The molecular formula is C20H18N2O. The first-order valence-corrected chi connectivity index (χ1v) is 7.89. The number of benzene rings is 2. The van der Waals surface area contributed by atoms with Crippen molar-refractivity contribution in [3.63, 3.8) is 0 Å². The number of anilines is 1. The number of amides is 1. The van der Waals surface area contributed by atoms with E-state index in [2.05, 4.69) is 23.2 Å². The Morgan fingerprint density at radius 1 is 1.17 bits per heavy atom. The second-order valence-corrected chi connectivity index (χ2v) is 5.85. The van der Waals surface area contributed by atoms with Crippen LogP contribution < -0.4 is 4.90 Å². The molecule has 1 aliphatic rings. The zero-order chi connectivity index (χ0) is 15.8. The molecular weight excluding hydrogens is 284 g/mol. The number of aromatic nitrogens is 1. The zero-order valence-electron chi connectivity index (χ0n) is 13.0. The van der Waals surface area contributed by atoms with Gasteiger partial charge < -0.3 is 9.88 Å². The predicted octanol–water partition coefficient (Wildman–Crippen LogP) is 4.37. The van der Waals surface area contributed by atoms with Gasteiger partial charge in [0.2, 0.25) is 0 Å². The zero-order valence-corrected chi connectivity index (χ0v) is 13.0. The summed E-state index contributed by atoms with van der Waals surface area (Å²) in [5.41, 5.74) is 4.53. The van der Waals surface area contributed by atoms with E-state index in [4.69, 9.17) is 0 Å². The van der Waals surface area contributed by atoms with Crippen LogP contribution in [-0.4, -0.2) is 10.9 Å². The van der Waals surface area contributed by atoms with Crippen LogP contribution in [0.15, 0.2) is 66.9 Å². The Morgan fingerprint density at radius 2 is 1.96 bits per heavy atom. The van der Waals surface area contributed by atoms with E-state index in [0.717, 1.165) is 17.6 Å². The Kier molecular flexibility index (Phi) is 3.27. The highest BCUT2D eigenvalue weighted by atomic mass is 16.2. The monoisotopic (exact) mass is 302 g/mol. The highest BCUT2D eigenvalue weighted by Gasteiger charge is 2.34. The minimum absolute atomic E-state index is 0.0345. The standard InChI is InChI=1S/C20H18N2O/c1-2-7-20(23)22-18-11-6-3-8-14(18)12-19(22)16-13-21-17-10-5-4-9-15(16)17/h2-11,13,19,21H,12H2,1H3/b7-2+. The van der Waals surface area contributed by atoms with Gasteiger partial charge in [0.1, 0.15) is 0 Å². The van der Waals surface area contributed by atoms with Crippen molar-refractivity contribution in [1.82, 2.24) is 4.98 Å². The molecule has 3 nitrogen and oxygen atoms in total. The lowest BCUT2D eigenvalue weighted by Crippen LogP contribution is -2.30. The number of aromatic amines is 1. The van der Waals surface area contributed by atoms with E-state index in [-0.39, 0.29) is 11.9 Å². The molecule has 1 atom stereocenters. The minimum Gasteiger partial charge on any atom is -0.361 e. The Morgan fingerprint density at radius 3 is 2.83 bits per heavy atom. The number of carbonyl (C=O) groups is 1. The number of nitrogens with one attached hydrogen (secondary N) is 1. The van der Waals surface area contributed by atoms with E-state index in [9.17, 15) is 4.79 Å². The van der Waals surface area contributed by atoms with Crippen molar-refractivity contribution < 1.29 is 4.79 Å². The number of hydrogen-bond acceptors (Lipinski definition) is 1. The van der Waals surface area contributed by atoms with Gasteiger partial charge >= 0.3 is 0 Å². The van der Waals surface area contributed by atoms with Crippen LogP contribution in [0.25, 0.3) is 10.9 Å². The molecule has 4 rings (SSSR count). The first-order chi connectivity index (χ1) is 11.3. The van der Waals surface area contributed by atoms with Crippen LogP contribution in [0, 0.1) is 0 Å². The van der Waals surface area contributed by atoms with Crippen molar-refractivity contribution in [2.75, 3.05) is 4.90 Å². The molecule has 23 heavy (non-hydrogen) atoms. The summed E-state index contributed by atoms with van der Waals surface area (Å²) in [5.74, 6) is 0.0349. The fraction of sp³-hybridized carbons (Fsp3) is 0.150. The molecule has 3 aromatic rings. The lowest BCUT2D eigenvalue weighted by Gasteiger charge is -2.24. The third-order valence-electron chi connectivity index (χ3n) is 4.50. The molecule has 0 saturated carbocycles. The number of hydrogen-bond donors (Lipinski definition) is 1. The van der Waals surface area contributed by atoms with Crippen molar-refractivity contribution in [2.45, 2.75) is 19.4 Å². The molecule has 1 aromatic heterocycles. The second-order valence-electron chi connectivity index (χ2n) is 5.85. The summed E-state index contributed by atoms with van der Waals surface area (Å²) in [6, 6.07) is 16.5. The van der Waals surface area contributed by atoms with Gasteiger partial charge in [-0.2, -0.15) is 0 Å². The van der Waals surface area contributed by atoms with Crippen LogP contribution in [0.5, 0.6) is 0 Å². The van der Waals surface area contributed by atoms with E-state index in [1.807, 2.05) is 48.4 Å². The molecule has 1 amide bonds. The lowest BCUT2D eigenvalue weighted by molar-refractivity contribution is -0.114. The maximum Gasteiger partial charge on any atom is 0.251 e. The Labute approximate surface area is 135 Å². The van der Waals surface area contributed by atoms with Crippen molar-refractivity contribution in [3.05, 3.63) is 78.0 Å². The quantitative estimate of drug-likeness (QED) is 0.701. The summed E-state index contributed by atoms with van der Waals surface area (Å²) in [6.07, 6.45) is 6.33. The van der Waals surface area contributed by atoms with Gasteiger partial charge in [-0.1, -0.05) is 42.5 Å². The molecule has 0 saturated heterocycles. The molecule has 1 N–H and O–H groups in total. The molecule has 0 aliphatic carbocycles. The topological polar surface area (TPSA) is 36.1 Å². The summed E-state index contributed by atoms with van der Waals surface area (Å²) in [6.45, 7) is 1.88. The Bertz CT molecular complexity index is 907. The summed E-state index contributed by atoms with van der Waals surface area (Å²) < 4.78 is 0. The van der Waals surface area contributed by atoms with Gasteiger partial charge in [0.15, 0.2) is 0 Å². The maximum absolute atomic E-state index is 12.7. The number of fused-ring (bicyclic) bond motifs is 2. The van der Waals surface area contributed by atoms with Crippen LogP contribution in [0.3, 0.4) is 0 Å². The molecule has 3 heteroatoms. The van der Waals surface area contributed by atoms with E-state index in [1.165, 1.54) is 16.5 Å². The van der Waals surface area contributed by atoms with Crippen LogP contribution in [0.4, 0.5) is 5.69 Å². The average Bonchev–Trinajstić information content (AvgIpc) is 3.16. The smallest absolute Gasteiger partial charge is 0.251 e. The normalized spacial score (nSPS) is 17.1. The number of rotatable bonds is 2. The molecule has 1 unspecified atom stereocenters. The largest absolute Gasteiger partial charge is 0.361 e. The summed E-state index contributed by atoms with van der Waals surface area (Å²) >= 11 is 0. The second kappa shape index (κ2) is 5.43. The number of carbonyl (C=O) groups excluding carboxylic acids is 1. The fourth-order valence-corrected chi connectivity index (χ4v) is 3.50. The molecule has 0 fully saturated rings. The van der Waals surface area contributed by atoms with Crippen molar-refractivity contribution in [1.29, 1.82) is 0 Å². The van der Waals surface area contributed by atoms with Crippen molar-refractivity contribution >= 4 is 22.5 Å². The summed E-state index contributed by atoms with van der Waals surface area (Å²) in [4.78, 5) is 17.9. The Hall–Kier alpha value is -2.81. The van der Waals surface area contributed by atoms with E-state index < -0.39 is 0 Å². The highest BCUT2D eigenvalue weighted by Crippen LogP contribution is 2.42. The van der Waals surface area contributed by atoms with Crippen LogP contribution in [0.2, 0.25) is 0 Å². The molecule has 114 valence electrons. The van der Waals surface area contributed by atoms with Gasteiger partial charge in [-0.3, -0.25) is 4.79 Å². The molecule has 2 heterocycles. The number of nitrogens with zero attached hydrogens (tertiary/aromatic N) is 1. The van der Waals surface area contributed by atoms with Gasteiger partial charge in [-0.25, -0.2) is 0 Å². The molecule has 0 spiro atoms. The lowest BCUT2D eigenvalue weighted by atomic mass is 10.0. The third-order valence-corrected chi connectivity index (χ3v) is 4.50. The third kappa shape index (κ3) is 2.16. The predicted molar refractivity (Wildman–Crippen MR) is 93.5 cm³/mol. The van der Waals surface area contributed by atoms with Crippen LogP contribution >= 0.6 is 0 Å². The highest BCUT2D eigenvalue weighted by molar-refractivity contribution is 6.04. The molecule has 0 bridgehead atoms. The maximum atomic E-state index is 12.7. The number of H-pyrrole nitrogens is 1. The minimum atomic E-state index is 0.0345. The van der Waals surface area contributed by atoms with E-state index >= 15 is 0 Å². The SMILES string of the molecule is C/C=C/C(=O)N1c2ccccc2CC1c1c[nH]c2ccccc12. The molecule has 2 aromatic carbocycles. The summed E-state index contributed by atoms with van der Waals surface area (Å²) in [7, 11) is 0. The molecule has 1 aliphatic heterocycles. The van der Waals surface area contributed by atoms with Gasteiger partial charge in [0.05, 0.1) is 6.04 Å². The van der Waals surface area contributed by atoms with Crippen molar-refractivity contribution in [3.8, 4) is 0 Å². The van der Waals surface area contributed by atoms with Crippen molar-refractivity contribution in [2.24, 2.45) is 0 Å². The van der Waals surface area contributed by atoms with Gasteiger partial charge in [-0.15, -0.1) is 0 Å². The number of para-hydroxylation sites is 2. The molecule has 0 radical (unpaired) electrons. The van der Waals surface area contributed by atoms with E-state index in [1.54, 1.807) is 12.2 Å². The van der Waals surface area contributed by atoms with Gasteiger partial charge in [0.25, 0.3) is 5.91 Å². The number of allylic oxidation sites excluding steroid dienone is 1. The Balaban J connectivity index is 1.86.